The van der Waals surface area contributed by atoms with E-state index >= 15 is 0 Å². The maximum Gasteiger partial charge on any atom is 0.419 e. The minimum absolute atomic E-state index is 0.172. The van der Waals surface area contributed by atoms with Crippen LogP contribution < -0.4 is 10.0 Å². The number of hydrogen-bond acceptors (Lipinski definition) is 4. The van der Waals surface area contributed by atoms with Crippen molar-refractivity contribution in [3.63, 3.8) is 0 Å². The molecule has 0 saturated heterocycles. The maximum absolute atomic E-state index is 14.0. The van der Waals surface area contributed by atoms with Crippen LogP contribution in [0.25, 0.3) is 0 Å². The first-order valence-corrected chi connectivity index (χ1v) is 5.37. The third-order valence-electron chi connectivity index (χ3n) is 2.08. The first-order valence-electron chi connectivity index (χ1n) is 7.03. The van der Waals surface area contributed by atoms with Crippen molar-refractivity contribution in [3.8, 4) is 5.75 Å². The van der Waals surface area contributed by atoms with Crippen molar-refractivity contribution in [2.75, 3.05) is 5.31 Å². The molecule has 1 atom stereocenters. The van der Waals surface area contributed by atoms with Crippen LogP contribution in [0.15, 0.2) is 40.9 Å². The number of aromatic nitrogens is 1. The Balaban J connectivity index is 2.20. The molecular weight excluding hydrogens is 251 g/mol. The highest BCUT2D eigenvalue weighted by Gasteiger charge is 2.24. The van der Waals surface area contributed by atoms with Gasteiger partial charge in [0, 0.05) is 7.41 Å². The highest BCUT2D eigenvalue weighted by molar-refractivity contribution is 5.84. The van der Waals surface area contributed by atoms with Crippen LogP contribution in [0, 0.1) is 0 Å². The summed E-state index contributed by atoms with van der Waals surface area (Å²) in [6, 6.07) is 7.46. The van der Waals surface area contributed by atoms with E-state index in [-0.39, 0.29) is 11.1 Å². The standard InChI is InChI=1S/C13H13FN2O3/c1-13(2,14)10-8-11(19-16-10)15-12(17)18-9-6-4-3-5-7-9/h3-8H,1-2H3,(H,15,17)/i1D,8D/hD. The average Bonchev–Trinajstić information content (AvgIpc) is 2.90. The fraction of sp³-hybridized carbons (Fsp3) is 0.231. The summed E-state index contributed by atoms with van der Waals surface area (Å²) in [5.41, 5.74) is -2.65. The van der Waals surface area contributed by atoms with Crippen molar-refractivity contribution >= 4 is 12.0 Å². The van der Waals surface area contributed by atoms with Crippen molar-refractivity contribution in [1.29, 1.82) is 0 Å². The van der Waals surface area contributed by atoms with E-state index in [4.69, 9.17) is 8.89 Å². The number of para-hydroxylation sites is 1. The summed E-state index contributed by atoms with van der Waals surface area (Å²) < 4.78 is 46.1. The summed E-state index contributed by atoms with van der Waals surface area (Å²) >= 11 is 0. The van der Waals surface area contributed by atoms with Gasteiger partial charge in [-0.05, 0) is 26.0 Å². The lowest BCUT2D eigenvalue weighted by Gasteiger charge is -2.07. The van der Waals surface area contributed by atoms with Crippen LogP contribution in [0.2, 0.25) is 1.41 Å². The lowest BCUT2D eigenvalue weighted by molar-refractivity contribution is 0.204. The monoisotopic (exact) mass is 267 g/mol. The first-order chi connectivity index (χ1) is 10.4. The zero-order valence-electron chi connectivity index (χ0n) is 13.1. The Morgan fingerprint density at radius 1 is 1.63 bits per heavy atom. The van der Waals surface area contributed by atoms with E-state index in [0.29, 0.717) is 0 Å². The second kappa shape index (κ2) is 5.09. The molecule has 1 unspecified atom stereocenters. The van der Waals surface area contributed by atoms with Crippen LogP contribution in [0.4, 0.5) is 15.1 Å². The van der Waals surface area contributed by atoms with Crippen LogP contribution in [0.1, 0.15) is 22.3 Å². The number of anilines is 1. The zero-order valence-corrected chi connectivity index (χ0v) is 10.1. The number of hydrogen-bond donors (Lipinski definition) is 1. The SMILES string of the molecule is [2H]CC(C)(F)c1noc(N([2H])C(=O)Oc2ccccc2)c1[2H]. The quantitative estimate of drug-likeness (QED) is 0.924. The molecule has 0 spiro atoms. The molecule has 1 aromatic heterocycles. The minimum atomic E-state index is -2.21. The van der Waals surface area contributed by atoms with Gasteiger partial charge in [0.05, 0.1) is 1.37 Å². The Kier molecular flexibility index (Phi) is 2.56. The number of carbonyl (C=O) groups excluding carboxylic acids is 1. The van der Waals surface area contributed by atoms with E-state index in [1.807, 2.05) is 0 Å². The fourth-order valence-electron chi connectivity index (χ4n) is 1.20. The Morgan fingerprint density at radius 2 is 2.37 bits per heavy atom. The van der Waals surface area contributed by atoms with E-state index in [1.165, 1.54) is 12.1 Å². The van der Waals surface area contributed by atoms with E-state index in [9.17, 15) is 9.18 Å². The van der Waals surface area contributed by atoms with E-state index < -0.39 is 36.3 Å². The summed E-state index contributed by atoms with van der Waals surface area (Å²) in [5.74, 6) is -0.370. The normalized spacial score (nSPS) is 15.8. The largest absolute Gasteiger partial charge is 0.419 e. The summed E-state index contributed by atoms with van der Waals surface area (Å²) in [6.07, 6.45) is -1.13. The summed E-state index contributed by atoms with van der Waals surface area (Å²) in [6.45, 7) is 0.396. The van der Waals surface area contributed by atoms with Gasteiger partial charge in [-0.3, -0.25) is 5.31 Å². The molecule has 0 radical (unpaired) electrons. The van der Waals surface area contributed by atoms with Crippen LogP contribution in [-0.2, 0) is 5.67 Å². The number of ether oxygens (including phenoxy) is 1. The molecule has 0 aliphatic carbocycles. The molecule has 2 aromatic rings. The Hall–Kier alpha value is -2.37. The van der Waals surface area contributed by atoms with Gasteiger partial charge in [-0.25, -0.2) is 9.18 Å². The Labute approximate surface area is 113 Å². The third kappa shape index (κ3) is 3.54. The molecule has 6 heteroatoms. The zero-order chi connectivity index (χ0) is 16.3. The molecule has 1 heterocycles. The molecule has 100 valence electrons. The van der Waals surface area contributed by atoms with Gasteiger partial charge in [-0.2, -0.15) is 0 Å². The average molecular weight is 267 g/mol. The predicted molar refractivity (Wildman–Crippen MR) is 66.7 cm³/mol. The molecule has 1 aromatic carbocycles. The minimum Gasteiger partial charge on any atom is -0.410 e. The van der Waals surface area contributed by atoms with Gasteiger partial charge in [-0.1, -0.05) is 23.4 Å². The van der Waals surface area contributed by atoms with Crippen molar-refractivity contribution in [2.24, 2.45) is 0 Å². The smallest absolute Gasteiger partial charge is 0.410 e. The number of nitrogens with one attached hydrogen (secondary N) is 1. The lowest BCUT2D eigenvalue weighted by atomic mass is 10.1. The summed E-state index contributed by atoms with van der Waals surface area (Å²) in [4.78, 5) is 11.8. The van der Waals surface area contributed by atoms with Crippen molar-refractivity contribution in [2.45, 2.75) is 19.5 Å². The fourth-order valence-corrected chi connectivity index (χ4v) is 1.20. The highest BCUT2D eigenvalue weighted by atomic mass is 19.1. The van der Waals surface area contributed by atoms with Gasteiger partial charge in [0.15, 0.2) is 7.08 Å². The summed E-state index contributed by atoms with van der Waals surface area (Å²) in [5, 5.41) is 3.51. The first kappa shape index (κ1) is 9.55. The van der Waals surface area contributed by atoms with Gasteiger partial charge < -0.3 is 9.26 Å². The number of amides is 1. The van der Waals surface area contributed by atoms with Crippen molar-refractivity contribution < 1.29 is 22.6 Å². The molecule has 0 saturated carbocycles. The highest BCUT2D eigenvalue weighted by Crippen LogP contribution is 2.25. The van der Waals surface area contributed by atoms with Crippen LogP contribution in [0.5, 0.6) is 5.75 Å². The Morgan fingerprint density at radius 3 is 3.05 bits per heavy atom. The molecule has 1 amide bonds. The van der Waals surface area contributed by atoms with Crippen LogP contribution in [-0.4, -0.2) is 11.2 Å². The number of carbonyl (C=O) groups is 1. The number of rotatable bonds is 3. The molecule has 0 bridgehead atoms. The lowest BCUT2D eigenvalue weighted by Crippen LogP contribution is -2.16. The van der Waals surface area contributed by atoms with Gasteiger partial charge in [-0.15, -0.1) is 0 Å². The second-order valence-electron chi connectivity index (χ2n) is 3.95. The number of halogens is 1. The van der Waals surface area contributed by atoms with E-state index in [2.05, 4.69) is 9.68 Å². The molecule has 0 aliphatic rings. The maximum atomic E-state index is 14.0. The second-order valence-corrected chi connectivity index (χ2v) is 3.95. The molecule has 2 rings (SSSR count). The van der Waals surface area contributed by atoms with Gasteiger partial charge in [0.1, 0.15) is 11.4 Å². The topological polar surface area (TPSA) is 64.4 Å². The molecule has 1 N–H and O–H groups in total. The predicted octanol–water partition coefficient (Wildman–Crippen LogP) is 3.49. The molecule has 19 heavy (non-hydrogen) atoms. The number of nitrogens with zero attached hydrogens (tertiary/aromatic N) is 1. The molecule has 0 aliphatic heterocycles. The number of alkyl halides is 1. The van der Waals surface area contributed by atoms with E-state index in [0.717, 1.165) is 6.92 Å². The van der Waals surface area contributed by atoms with Gasteiger partial charge >= 0.3 is 6.09 Å². The van der Waals surface area contributed by atoms with Gasteiger partial charge in [0.2, 0.25) is 5.88 Å². The molecular formula is C13H13FN2O3. The summed E-state index contributed by atoms with van der Waals surface area (Å²) in [7, 11) is 0. The molecule has 5 nitrogen and oxygen atoms in total. The Bertz CT molecular complexity index is 664. The van der Waals surface area contributed by atoms with Crippen molar-refractivity contribution in [1.82, 2.24) is 5.16 Å². The number of benzene rings is 1. The van der Waals surface area contributed by atoms with Crippen LogP contribution in [0.3, 0.4) is 0 Å². The van der Waals surface area contributed by atoms with Crippen LogP contribution >= 0.6 is 0 Å². The van der Waals surface area contributed by atoms with Gasteiger partial charge in [0.25, 0.3) is 0 Å². The molecule has 0 fully saturated rings. The van der Waals surface area contributed by atoms with E-state index in [1.54, 1.807) is 18.2 Å². The third-order valence-corrected chi connectivity index (χ3v) is 2.08. The van der Waals surface area contributed by atoms with Crippen molar-refractivity contribution in [3.05, 3.63) is 42.1 Å².